The maximum Gasteiger partial charge on any atom is 0.225 e. The minimum absolute atomic E-state index is 0.0832. The van der Waals surface area contributed by atoms with Gasteiger partial charge in [0, 0.05) is 24.5 Å². The lowest BCUT2D eigenvalue weighted by molar-refractivity contribution is 0.0548. The van der Waals surface area contributed by atoms with Crippen LogP contribution in [0.2, 0.25) is 0 Å². The van der Waals surface area contributed by atoms with E-state index in [-0.39, 0.29) is 6.10 Å². The summed E-state index contributed by atoms with van der Waals surface area (Å²) in [7, 11) is 0. The lowest BCUT2D eigenvalue weighted by Crippen LogP contribution is -2.44. The van der Waals surface area contributed by atoms with Gasteiger partial charge in [-0.1, -0.05) is 0 Å². The van der Waals surface area contributed by atoms with Crippen LogP contribution in [0.25, 0.3) is 0 Å². The molecule has 1 aromatic rings. The monoisotopic (exact) mass is 241 g/mol. The number of aromatic nitrogens is 2. The molecule has 4 nitrogen and oxygen atoms in total. The van der Waals surface area contributed by atoms with Crippen LogP contribution in [0.1, 0.15) is 11.4 Å². The van der Waals surface area contributed by atoms with E-state index in [1.165, 1.54) is 0 Å². The maximum atomic E-state index is 5.80. The van der Waals surface area contributed by atoms with Crippen LogP contribution >= 0.6 is 11.6 Å². The molecule has 0 spiro atoms. The normalized spacial score (nSPS) is 21.2. The molecule has 0 aliphatic carbocycles. The number of rotatable bonds is 2. The van der Waals surface area contributed by atoms with Crippen LogP contribution in [0.3, 0.4) is 0 Å². The van der Waals surface area contributed by atoms with Crippen LogP contribution in [0.4, 0.5) is 5.95 Å². The number of anilines is 1. The second-order valence-corrected chi connectivity index (χ2v) is 4.35. The molecular weight excluding hydrogens is 226 g/mol. The van der Waals surface area contributed by atoms with Crippen LogP contribution in [0.15, 0.2) is 6.07 Å². The summed E-state index contributed by atoms with van der Waals surface area (Å²) in [6, 6.07) is 1.98. The number of alkyl halides is 1. The minimum Gasteiger partial charge on any atom is -0.373 e. The highest BCUT2D eigenvalue weighted by Gasteiger charge is 2.21. The Morgan fingerprint density at radius 3 is 2.75 bits per heavy atom. The zero-order valence-electron chi connectivity index (χ0n) is 9.61. The van der Waals surface area contributed by atoms with E-state index in [4.69, 9.17) is 16.3 Å². The number of halogens is 1. The third-order valence-electron chi connectivity index (χ3n) is 2.56. The Hall–Kier alpha value is -0.870. The Bertz CT molecular complexity index is 352. The van der Waals surface area contributed by atoms with Gasteiger partial charge in [-0.15, -0.1) is 11.6 Å². The van der Waals surface area contributed by atoms with E-state index >= 15 is 0 Å². The van der Waals surface area contributed by atoms with Crippen molar-refractivity contribution in [1.29, 1.82) is 0 Å². The molecule has 1 fully saturated rings. The summed E-state index contributed by atoms with van der Waals surface area (Å²) in [5, 5.41) is 0. The van der Waals surface area contributed by atoms with Gasteiger partial charge in [0.2, 0.25) is 5.95 Å². The third kappa shape index (κ3) is 2.62. The molecule has 0 bridgehead atoms. The number of hydrogen-bond donors (Lipinski definition) is 0. The Balaban J connectivity index is 2.16. The summed E-state index contributed by atoms with van der Waals surface area (Å²) in [5.41, 5.74) is 1.99. The molecule has 2 heterocycles. The molecule has 0 radical (unpaired) electrons. The van der Waals surface area contributed by atoms with E-state index in [9.17, 15) is 0 Å². The molecule has 1 saturated heterocycles. The molecule has 1 atom stereocenters. The fourth-order valence-corrected chi connectivity index (χ4v) is 2.03. The van der Waals surface area contributed by atoms with Crippen molar-refractivity contribution < 1.29 is 4.74 Å². The summed E-state index contributed by atoms with van der Waals surface area (Å²) in [5.74, 6) is 1.30. The van der Waals surface area contributed by atoms with Gasteiger partial charge in [-0.2, -0.15) is 0 Å². The van der Waals surface area contributed by atoms with Gasteiger partial charge >= 0.3 is 0 Å². The average molecular weight is 242 g/mol. The summed E-state index contributed by atoms with van der Waals surface area (Å²) in [6.45, 7) is 6.26. The van der Waals surface area contributed by atoms with Crippen LogP contribution in [0, 0.1) is 13.8 Å². The quantitative estimate of drug-likeness (QED) is 0.737. The molecule has 88 valence electrons. The number of morpholine rings is 1. The lowest BCUT2D eigenvalue weighted by Gasteiger charge is -2.32. The predicted octanol–water partition coefficient (Wildman–Crippen LogP) is 1.54. The maximum absolute atomic E-state index is 5.80. The Morgan fingerprint density at radius 1 is 1.44 bits per heavy atom. The largest absolute Gasteiger partial charge is 0.373 e. The first-order valence-electron chi connectivity index (χ1n) is 5.44. The number of ether oxygens (including phenoxy) is 1. The van der Waals surface area contributed by atoms with E-state index in [2.05, 4.69) is 14.9 Å². The second kappa shape index (κ2) is 4.97. The molecule has 1 aliphatic heterocycles. The van der Waals surface area contributed by atoms with E-state index in [0.29, 0.717) is 12.5 Å². The lowest BCUT2D eigenvalue weighted by atomic mass is 10.3. The SMILES string of the molecule is Cc1cc(C)nc(N2CCOC(CCl)C2)n1. The standard InChI is InChI=1S/C11H16ClN3O/c1-8-5-9(2)14-11(13-8)15-3-4-16-10(6-12)7-15/h5,10H,3-4,6-7H2,1-2H3. The van der Waals surface area contributed by atoms with Gasteiger partial charge in [0.05, 0.1) is 18.6 Å². The first-order chi connectivity index (χ1) is 7.69. The number of nitrogens with zero attached hydrogens (tertiary/aromatic N) is 3. The van der Waals surface area contributed by atoms with Crippen molar-refractivity contribution in [3.63, 3.8) is 0 Å². The molecule has 1 aromatic heterocycles. The van der Waals surface area contributed by atoms with Crippen molar-refractivity contribution in [3.05, 3.63) is 17.5 Å². The van der Waals surface area contributed by atoms with Gasteiger partial charge in [-0.05, 0) is 19.9 Å². The summed E-state index contributed by atoms with van der Waals surface area (Å²) < 4.78 is 5.51. The van der Waals surface area contributed by atoms with E-state index < -0.39 is 0 Å². The minimum atomic E-state index is 0.0832. The predicted molar refractivity (Wildman–Crippen MR) is 64.2 cm³/mol. The van der Waals surface area contributed by atoms with Gasteiger partial charge in [0.25, 0.3) is 0 Å². The Kier molecular flexibility index (Phi) is 3.61. The molecule has 1 unspecified atom stereocenters. The van der Waals surface area contributed by atoms with Crippen molar-refractivity contribution in [3.8, 4) is 0 Å². The van der Waals surface area contributed by atoms with E-state index in [0.717, 1.165) is 30.4 Å². The van der Waals surface area contributed by atoms with Crippen molar-refractivity contribution >= 4 is 17.5 Å². The average Bonchev–Trinajstić information content (AvgIpc) is 2.28. The fraction of sp³-hybridized carbons (Fsp3) is 0.636. The molecule has 16 heavy (non-hydrogen) atoms. The highest BCUT2D eigenvalue weighted by atomic mass is 35.5. The van der Waals surface area contributed by atoms with Crippen molar-refractivity contribution in [2.45, 2.75) is 20.0 Å². The molecule has 0 N–H and O–H groups in total. The molecule has 0 aromatic carbocycles. The van der Waals surface area contributed by atoms with Gasteiger partial charge in [0.1, 0.15) is 0 Å². The molecule has 0 amide bonds. The van der Waals surface area contributed by atoms with E-state index in [1.807, 2.05) is 19.9 Å². The van der Waals surface area contributed by atoms with Crippen LogP contribution in [-0.4, -0.2) is 41.6 Å². The zero-order chi connectivity index (χ0) is 11.5. The molecule has 1 aliphatic rings. The summed E-state index contributed by atoms with van der Waals surface area (Å²) >= 11 is 5.80. The third-order valence-corrected chi connectivity index (χ3v) is 2.91. The molecule has 2 rings (SSSR count). The molecule has 5 heteroatoms. The van der Waals surface area contributed by atoms with Gasteiger partial charge < -0.3 is 9.64 Å². The fourth-order valence-electron chi connectivity index (χ4n) is 1.84. The van der Waals surface area contributed by atoms with Crippen LogP contribution in [0.5, 0.6) is 0 Å². The molecular formula is C11H16ClN3O. The Labute approximate surface area is 101 Å². The number of hydrogen-bond acceptors (Lipinski definition) is 4. The topological polar surface area (TPSA) is 38.2 Å². The molecule has 0 saturated carbocycles. The van der Waals surface area contributed by atoms with Crippen molar-refractivity contribution in [2.75, 3.05) is 30.5 Å². The van der Waals surface area contributed by atoms with Crippen molar-refractivity contribution in [2.24, 2.45) is 0 Å². The highest BCUT2D eigenvalue weighted by molar-refractivity contribution is 6.18. The smallest absolute Gasteiger partial charge is 0.225 e. The number of aryl methyl sites for hydroxylation is 2. The van der Waals surface area contributed by atoms with Gasteiger partial charge in [0.15, 0.2) is 0 Å². The van der Waals surface area contributed by atoms with Crippen molar-refractivity contribution in [1.82, 2.24) is 9.97 Å². The summed E-state index contributed by atoms with van der Waals surface area (Å²) in [4.78, 5) is 11.0. The van der Waals surface area contributed by atoms with E-state index in [1.54, 1.807) is 0 Å². The second-order valence-electron chi connectivity index (χ2n) is 4.04. The zero-order valence-corrected chi connectivity index (χ0v) is 10.4. The van der Waals surface area contributed by atoms with Gasteiger partial charge in [-0.25, -0.2) is 9.97 Å². The van der Waals surface area contributed by atoms with Crippen LogP contribution in [-0.2, 0) is 4.74 Å². The first-order valence-corrected chi connectivity index (χ1v) is 5.97. The highest BCUT2D eigenvalue weighted by Crippen LogP contribution is 2.14. The Morgan fingerprint density at radius 2 is 2.12 bits per heavy atom. The van der Waals surface area contributed by atoms with Gasteiger partial charge in [-0.3, -0.25) is 0 Å². The first kappa shape index (κ1) is 11.6. The van der Waals surface area contributed by atoms with Crippen LogP contribution < -0.4 is 4.90 Å². The summed E-state index contributed by atoms with van der Waals surface area (Å²) in [6.07, 6.45) is 0.0832.